The first-order valence-electron chi connectivity index (χ1n) is 5.67. The average Bonchev–Trinajstić information content (AvgIpc) is 2.44. The van der Waals surface area contributed by atoms with Crippen molar-refractivity contribution in [1.29, 1.82) is 5.26 Å². The van der Waals surface area contributed by atoms with E-state index in [1.165, 1.54) is 0 Å². The number of carboxylic acid groups (broad SMARTS) is 1. The van der Waals surface area contributed by atoms with Gasteiger partial charge in [0.2, 0.25) is 0 Å². The van der Waals surface area contributed by atoms with E-state index < -0.39 is 24.6 Å². The normalized spacial score (nSPS) is 11.6. The van der Waals surface area contributed by atoms with Crippen molar-refractivity contribution < 1.29 is 24.9 Å². The highest BCUT2D eigenvalue weighted by Gasteiger charge is 2.27. The van der Waals surface area contributed by atoms with E-state index in [0.29, 0.717) is 3.57 Å². The summed E-state index contributed by atoms with van der Waals surface area (Å²) in [6.07, 6.45) is -1.11. The van der Waals surface area contributed by atoms with Crippen LogP contribution >= 0.6 is 67.8 Å². The zero-order valence-electron chi connectivity index (χ0n) is 10.7. The molecule has 0 aliphatic rings. The average molecular weight is 642 g/mol. The fourth-order valence-electron chi connectivity index (χ4n) is 1.51. The maximum Gasteiger partial charge on any atom is 0.337 e. The van der Waals surface area contributed by atoms with E-state index in [1.54, 1.807) is 45.2 Å². The Bertz CT molecular complexity index is 672. The molecule has 4 N–H and O–H groups in total. The predicted octanol–water partition coefficient (Wildman–Crippen LogP) is 1.15. The lowest BCUT2D eigenvalue weighted by atomic mass is 10.1. The van der Waals surface area contributed by atoms with Crippen LogP contribution in [0.15, 0.2) is 0 Å². The first kappa shape index (κ1) is 19.8. The zero-order valence-corrected chi connectivity index (χ0v) is 17.2. The number of rotatable bonds is 5. The van der Waals surface area contributed by atoms with Crippen molar-refractivity contribution in [1.82, 2.24) is 5.32 Å². The third-order valence-corrected chi connectivity index (χ3v) is 5.81. The molecule has 22 heavy (non-hydrogen) atoms. The van der Waals surface area contributed by atoms with E-state index in [-0.39, 0.29) is 30.4 Å². The van der Waals surface area contributed by atoms with Gasteiger partial charge in [-0.1, -0.05) is 0 Å². The topological polar surface area (TPSA) is 131 Å². The van der Waals surface area contributed by atoms with E-state index in [2.05, 4.69) is 5.32 Å². The molecule has 0 saturated heterocycles. The maximum absolute atomic E-state index is 12.2. The molecule has 1 amide bonds. The summed E-state index contributed by atoms with van der Waals surface area (Å²) in [5.41, 5.74) is 0.0820. The van der Waals surface area contributed by atoms with Crippen LogP contribution in [0.3, 0.4) is 0 Å². The van der Waals surface area contributed by atoms with Crippen LogP contribution in [-0.2, 0) is 0 Å². The number of carbonyl (C=O) groups excluding carboxylic acids is 1. The van der Waals surface area contributed by atoms with Crippen molar-refractivity contribution in [2.75, 3.05) is 13.2 Å². The number of aliphatic hydroxyl groups is 2. The van der Waals surface area contributed by atoms with Crippen LogP contribution < -0.4 is 5.32 Å². The number of hydrogen-bond acceptors (Lipinski definition) is 5. The van der Waals surface area contributed by atoms with Crippen molar-refractivity contribution in [3.8, 4) is 6.07 Å². The van der Waals surface area contributed by atoms with Gasteiger partial charge in [-0.15, -0.1) is 0 Å². The second-order valence-corrected chi connectivity index (χ2v) is 7.27. The Hall–Kier alpha value is -0.240. The molecule has 0 aromatic heterocycles. The number of hydrogen-bond donors (Lipinski definition) is 4. The summed E-state index contributed by atoms with van der Waals surface area (Å²) in [6, 6.07) is 1.91. The second kappa shape index (κ2) is 8.57. The smallest absolute Gasteiger partial charge is 0.337 e. The molecule has 1 rings (SSSR count). The number of aromatic carboxylic acids is 1. The molecule has 0 heterocycles. The first-order valence-corrected chi connectivity index (χ1v) is 8.90. The number of benzene rings is 1. The van der Waals surface area contributed by atoms with Crippen molar-refractivity contribution >= 4 is 79.6 Å². The molecule has 1 unspecified atom stereocenters. The highest BCUT2D eigenvalue weighted by atomic mass is 127. The maximum atomic E-state index is 12.2. The van der Waals surface area contributed by atoms with E-state index in [9.17, 15) is 25.1 Å². The molecule has 0 spiro atoms. The lowest BCUT2D eigenvalue weighted by Gasteiger charge is -2.15. The molecule has 0 fully saturated rings. The van der Waals surface area contributed by atoms with Crippen LogP contribution in [-0.4, -0.2) is 46.5 Å². The molecule has 0 bridgehead atoms. The van der Waals surface area contributed by atoms with Gasteiger partial charge in [0.1, 0.15) is 6.07 Å². The Balaban J connectivity index is 3.42. The summed E-state index contributed by atoms with van der Waals surface area (Å²) in [5, 5.41) is 38.9. The van der Waals surface area contributed by atoms with Gasteiger partial charge in [-0.05, 0) is 67.8 Å². The number of amides is 1. The Morgan fingerprint density at radius 1 is 1.18 bits per heavy atom. The van der Waals surface area contributed by atoms with Gasteiger partial charge in [-0.2, -0.15) is 5.26 Å². The number of carbonyl (C=O) groups is 2. The van der Waals surface area contributed by atoms with Gasteiger partial charge in [0.25, 0.3) is 5.91 Å². The van der Waals surface area contributed by atoms with E-state index in [0.717, 1.165) is 0 Å². The number of nitriles is 1. The molecule has 0 saturated carbocycles. The number of nitrogens with zero attached hydrogens (tertiary/aromatic N) is 1. The minimum absolute atomic E-state index is 0.0701. The Morgan fingerprint density at radius 2 is 1.73 bits per heavy atom. The van der Waals surface area contributed by atoms with Crippen molar-refractivity contribution in [2.45, 2.75) is 6.10 Å². The third-order valence-electron chi connectivity index (χ3n) is 2.58. The highest BCUT2D eigenvalue weighted by molar-refractivity contribution is 14.1. The molecule has 1 aromatic rings. The SMILES string of the molecule is N#Cc1c(I)c(C(=O)O)c(I)c(C(=O)NCC(O)CO)c1I. The molecule has 118 valence electrons. The largest absolute Gasteiger partial charge is 0.478 e. The van der Waals surface area contributed by atoms with Crippen LogP contribution in [0.5, 0.6) is 0 Å². The van der Waals surface area contributed by atoms with Crippen LogP contribution in [0.25, 0.3) is 0 Å². The van der Waals surface area contributed by atoms with Crippen molar-refractivity contribution in [3.63, 3.8) is 0 Å². The minimum atomic E-state index is -1.23. The Labute approximate surface area is 166 Å². The summed E-state index contributed by atoms with van der Waals surface area (Å²) in [6.45, 7) is -0.692. The van der Waals surface area contributed by atoms with Crippen LogP contribution in [0.2, 0.25) is 0 Å². The molecule has 1 atom stereocenters. The lowest BCUT2D eigenvalue weighted by Crippen LogP contribution is -2.35. The van der Waals surface area contributed by atoms with Gasteiger partial charge in [0.05, 0.1) is 29.4 Å². The Kier molecular flexibility index (Phi) is 7.71. The summed E-state index contributed by atoms with van der Waals surface area (Å²) in [4.78, 5) is 23.6. The summed E-state index contributed by atoms with van der Waals surface area (Å²) in [7, 11) is 0. The molecular formula is C12H9I3N2O5. The van der Waals surface area contributed by atoms with Gasteiger partial charge < -0.3 is 20.6 Å². The summed E-state index contributed by atoms with van der Waals surface area (Å²) in [5.74, 6) is -1.84. The quantitative estimate of drug-likeness (QED) is 0.357. The second-order valence-electron chi connectivity index (χ2n) is 4.03. The Morgan fingerprint density at radius 3 is 2.18 bits per heavy atom. The standard InChI is InChI=1S/C12H9I3N2O5/c13-8-5(1-16)9(14)7(12(21)22)10(15)6(8)11(20)17-2-4(19)3-18/h4,18-19H,2-3H2,(H,17,20)(H,21,22). The van der Waals surface area contributed by atoms with Gasteiger partial charge >= 0.3 is 5.97 Å². The van der Waals surface area contributed by atoms with Gasteiger partial charge in [0.15, 0.2) is 0 Å². The van der Waals surface area contributed by atoms with Gasteiger partial charge in [-0.3, -0.25) is 4.79 Å². The highest BCUT2D eigenvalue weighted by Crippen LogP contribution is 2.31. The molecular weight excluding hydrogens is 633 g/mol. The van der Waals surface area contributed by atoms with Crippen LogP contribution in [0, 0.1) is 22.0 Å². The van der Waals surface area contributed by atoms with Crippen molar-refractivity contribution in [2.24, 2.45) is 0 Å². The molecule has 7 nitrogen and oxygen atoms in total. The van der Waals surface area contributed by atoms with Gasteiger partial charge in [0, 0.05) is 17.3 Å². The van der Waals surface area contributed by atoms with Crippen LogP contribution in [0.4, 0.5) is 0 Å². The van der Waals surface area contributed by atoms with E-state index >= 15 is 0 Å². The fraction of sp³-hybridized carbons (Fsp3) is 0.250. The first-order chi connectivity index (χ1) is 10.3. The monoisotopic (exact) mass is 642 g/mol. The third kappa shape index (κ3) is 4.19. The summed E-state index contributed by atoms with van der Waals surface area (Å²) >= 11 is 5.33. The lowest BCUT2D eigenvalue weighted by molar-refractivity contribution is 0.0694. The molecule has 0 aliphatic carbocycles. The number of aliphatic hydroxyl groups excluding tert-OH is 2. The molecule has 0 radical (unpaired) electrons. The minimum Gasteiger partial charge on any atom is -0.478 e. The zero-order chi connectivity index (χ0) is 17.0. The van der Waals surface area contributed by atoms with Crippen LogP contribution in [0.1, 0.15) is 26.3 Å². The number of carboxylic acids is 1. The fourth-order valence-corrected chi connectivity index (χ4v) is 5.87. The number of nitrogens with one attached hydrogen (secondary N) is 1. The molecule has 1 aromatic carbocycles. The van der Waals surface area contributed by atoms with Gasteiger partial charge in [-0.25, -0.2) is 4.79 Å². The molecule has 10 heteroatoms. The number of halogens is 3. The molecule has 0 aliphatic heterocycles. The predicted molar refractivity (Wildman–Crippen MR) is 102 cm³/mol. The summed E-state index contributed by atoms with van der Waals surface area (Å²) < 4.78 is 0.831. The van der Waals surface area contributed by atoms with Crippen molar-refractivity contribution in [3.05, 3.63) is 27.4 Å². The van der Waals surface area contributed by atoms with E-state index in [1.807, 2.05) is 28.7 Å². The van der Waals surface area contributed by atoms with E-state index in [4.69, 9.17) is 5.11 Å².